The zero-order valence-corrected chi connectivity index (χ0v) is 28.7. The highest BCUT2D eigenvalue weighted by atomic mass is 32.1. The maximum absolute atomic E-state index is 12.5. The summed E-state index contributed by atoms with van der Waals surface area (Å²) in [5.74, 6) is -0.615. The minimum atomic E-state index is -1.06. The van der Waals surface area contributed by atoms with E-state index < -0.39 is 4.93 Å². The van der Waals surface area contributed by atoms with Crippen LogP contribution in [0.4, 0.5) is 0 Å². The fraction of sp³-hybridized carbons (Fsp3) is 0.944. The van der Waals surface area contributed by atoms with Gasteiger partial charge in [-0.05, 0) is 19.3 Å². The van der Waals surface area contributed by atoms with Gasteiger partial charge in [0.15, 0.2) is 4.93 Å². The van der Waals surface area contributed by atoms with Crippen LogP contribution in [0, 0.1) is 0 Å². The van der Waals surface area contributed by atoms with Crippen molar-refractivity contribution in [2.75, 3.05) is 6.61 Å². The van der Waals surface area contributed by atoms with E-state index in [0.717, 1.165) is 25.7 Å². The van der Waals surface area contributed by atoms with Crippen molar-refractivity contribution in [3.8, 4) is 0 Å². The third-order valence-electron chi connectivity index (χ3n) is 8.19. The maximum atomic E-state index is 12.5. The van der Waals surface area contributed by atoms with E-state index in [9.17, 15) is 9.59 Å². The molecule has 0 N–H and O–H groups in total. The summed E-state index contributed by atoms with van der Waals surface area (Å²) < 4.78 is 11.1. The quantitative estimate of drug-likeness (QED) is 0.0362. The summed E-state index contributed by atoms with van der Waals surface area (Å²) in [6.45, 7) is 6.75. The number of carbonyl (C=O) groups excluding carboxylic acids is 2. The molecule has 0 aliphatic carbocycles. The van der Waals surface area contributed by atoms with Crippen LogP contribution in [0.5, 0.6) is 0 Å². The topological polar surface area (TPSA) is 52.6 Å². The van der Waals surface area contributed by atoms with E-state index in [1.54, 1.807) is 6.92 Å². The number of hydrogen-bond donors (Lipinski definition) is 1. The molecule has 0 amide bonds. The van der Waals surface area contributed by atoms with E-state index in [4.69, 9.17) is 9.47 Å². The first-order valence-electron chi connectivity index (χ1n) is 18.1. The van der Waals surface area contributed by atoms with Crippen molar-refractivity contribution in [3.05, 3.63) is 0 Å². The van der Waals surface area contributed by atoms with Crippen LogP contribution in [0.3, 0.4) is 0 Å². The van der Waals surface area contributed by atoms with Gasteiger partial charge in [-0.2, -0.15) is 0 Å². The summed E-state index contributed by atoms with van der Waals surface area (Å²) in [6.07, 6.45) is 34.5. The van der Waals surface area contributed by atoms with Crippen LogP contribution < -0.4 is 0 Å². The smallest absolute Gasteiger partial charge is 0.310 e. The van der Waals surface area contributed by atoms with Gasteiger partial charge in [-0.3, -0.25) is 9.59 Å². The molecule has 0 aromatic rings. The van der Waals surface area contributed by atoms with E-state index in [2.05, 4.69) is 26.5 Å². The molecule has 4 nitrogen and oxygen atoms in total. The molecule has 1 unspecified atom stereocenters. The van der Waals surface area contributed by atoms with E-state index in [1.165, 1.54) is 141 Å². The first kappa shape index (κ1) is 40.3. The first-order chi connectivity index (χ1) is 20.0. The fourth-order valence-corrected chi connectivity index (χ4v) is 5.85. The Hall–Kier alpha value is -0.710. The van der Waals surface area contributed by atoms with Crippen LogP contribution in [0.25, 0.3) is 0 Å². The lowest BCUT2D eigenvalue weighted by Gasteiger charge is -2.27. The molecule has 0 heterocycles. The van der Waals surface area contributed by atoms with Crippen LogP contribution in [0.2, 0.25) is 0 Å². The van der Waals surface area contributed by atoms with Gasteiger partial charge < -0.3 is 9.47 Å². The van der Waals surface area contributed by atoms with Gasteiger partial charge in [-0.15, -0.1) is 12.6 Å². The van der Waals surface area contributed by atoms with Crippen molar-refractivity contribution in [1.82, 2.24) is 0 Å². The average molecular weight is 599 g/mol. The normalized spacial score (nSPS) is 12.8. The number of ether oxygens (including phenoxy) is 2. The minimum Gasteiger partial charge on any atom is -0.466 e. The zero-order chi connectivity index (χ0) is 30.3. The number of hydrogen-bond acceptors (Lipinski definition) is 5. The van der Waals surface area contributed by atoms with Crippen molar-refractivity contribution in [3.63, 3.8) is 0 Å². The van der Waals surface area contributed by atoms with Gasteiger partial charge in [0.05, 0.1) is 13.0 Å². The van der Waals surface area contributed by atoms with Gasteiger partial charge in [0.25, 0.3) is 0 Å². The summed E-state index contributed by atoms with van der Waals surface area (Å²) in [5, 5.41) is 0. The molecule has 0 radical (unpaired) electrons. The molecule has 0 aromatic carbocycles. The minimum absolute atomic E-state index is 0.0261. The Morgan fingerprint density at radius 1 is 0.488 bits per heavy atom. The molecule has 0 bridgehead atoms. The maximum Gasteiger partial charge on any atom is 0.310 e. The monoisotopic (exact) mass is 598 g/mol. The standard InChI is InChI=1S/C36H70O4S/c1-4-7-9-11-13-15-17-18-19-20-21-22-23-25-27-29-31-36(41,40-34(37)6-3)33-35(38)39-32-30-28-26-24-16-14-12-10-8-5-2/h41H,4-33H2,1-3H3. The molecule has 0 rings (SSSR count). The highest BCUT2D eigenvalue weighted by Crippen LogP contribution is 2.30. The summed E-state index contributed by atoms with van der Waals surface area (Å²) in [7, 11) is 0. The number of esters is 2. The highest BCUT2D eigenvalue weighted by molar-refractivity contribution is 7.81. The average Bonchev–Trinajstić information content (AvgIpc) is 2.95. The van der Waals surface area contributed by atoms with Crippen molar-refractivity contribution in [2.24, 2.45) is 0 Å². The third-order valence-corrected chi connectivity index (χ3v) is 8.67. The van der Waals surface area contributed by atoms with Gasteiger partial charge in [0.2, 0.25) is 0 Å². The molecule has 0 spiro atoms. The van der Waals surface area contributed by atoms with Gasteiger partial charge in [-0.25, -0.2) is 0 Å². The molecule has 0 aromatic heterocycles. The molecular weight excluding hydrogens is 528 g/mol. The Bertz CT molecular complexity index is 582. The summed E-state index contributed by atoms with van der Waals surface area (Å²) in [5.41, 5.74) is 0. The Morgan fingerprint density at radius 3 is 1.20 bits per heavy atom. The molecule has 0 saturated heterocycles. The second kappa shape index (κ2) is 30.7. The van der Waals surface area contributed by atoms with Crippen LogP contribution in [0.15, 0.2) is 0 Å². The summed E-state index contributed by atoms with van der Waals surface area (Å²) in [4.78, 5) is 23.5. The zero-order valence-electron chi connectivity index (χ0n) is 27.8. The van der Waals surface area contributed by atoms with E-state index in [0.29, 0.717) is 13.0 Å². The molecule has 1 atom stereocenters. The number of unbranched alkanes of at least 4 members (excludes halogenated alkanes) is 24. The number of rotatable bonds is 32. The Morgan fingerprint density at radius 2 is 0.829 bits per heavy atom. The molecule has 41 heavy (non-hydrogen) atoms. The molecule has 0 saturated carbocycles. The van der Waals surface area contributed by atoms with Crippen LogP contribution in [0.1, 0.15) is 207 Å². The van der Waals surface area contributed by atoms with Crippen LogP contribution in [-0.4, -0.2) is 23.5 Å². The molecule has 244 valence electrons. The van der Waals surface area contributed by atoms with Crippen molar-refractivity contribution in [1.29, 1.82) is 0 Å². The lowest BCUT2D eigenvalue weighted by atomic mass is 10.0. The largest absolute Gasteiger partial charge is 0.466 e. The van der Waals surface area contributed by atoms with Crippen molar-refractivity contribution in [2.45, 2.75) is 212 Å². The van der Waals surface area contributed by atoms with Gasteiger partial charge in [0, 0.05) is 6.42 Å². The Labute approximate surface area is 261 Å². The molecule has 0 fully saturated rings. The SMILES string of the molecule is CCCCCCCCCCCCCCCCCCC(S)(CC(=O)OCCCCCCCCCCCC)OC(=O)CC. The molecule has 5 heteroatoms. The van der Waals surface area contributed by atoms with E-state index >= 15 is 0 Å². The molecule has 0 aliphatic heterocycles. The van der Waals surface area contributed by atoms with E-state index in [1.807, 2.05) is 0 Å². The second-order valence-electron chi connectivity index (χ2n) is 12.4. The lowest BCUT2D eigenvalue weighted by molar-refractivity contribution is -0.158. The second-order valence-corrected chi connectivity index (χ2v) is 13.2. The van der Waals surface area contributed by atoms with Gasteiger partial charge in [-0.1, -0.05) is 175 Å². The molecular formula is C36H70O4S. The summed E-state index contributed by atoms with van der Waals surface area (Å²) in [6, 6.07) is 0. The highest BCUT2D eigenvalue weighted by Gasteiger charge is 2.33. The number of thiol groups is 1. The first-order valence-corrected chi connectivity index (χ1v) is 18.5. The predicted molar refractivity (Wildman–Crippen MR) is 180 cm³/mol. The van der Waals surface area contributed by atoms with Gasteiger partial charge in [0.1, 0.15) is 0 Å². The fourth-order valence-electron chi connectivity index (χ4n) is 5.46. The third kappa shape index (κ3) is 29.2. The van der Waals surface area contributed by atoms with Gasteiger partial charge >= 0.3 is 11.9 Å². The molecule has 0 aliphatic rings. The lowest BCUT2D eigenvalue weighted by Crippen LogP contribution is -2.32. The van der Waals surface area contributed by atoms with Crippen LogP contribution >= 0.6 is 12.6 Å². The number of carbonyl (C=O) groups is 2. The predicted octanol–water partition coefficient (Wildman–Crippen LogP) is 12.1. The van der Waals surface area contributed by atoms with Crippen LogP contribution in [-0.2, 0) is 19.1 Å². The van der Waals surface area contributed by atoms with E-state index in [-0.39, 0.29) is 24.8 Å². The van der Waals surface area contributed by atoms with Crippen molar-refractivity contribution >= 4 is 24.6 Å². The summed E-state index contributed by atoms with van der Waals surface area (Å²) >= 11 is 4.67. The Kier molecular flexibility index (Phi) is 30.2. The van der Waals surface area contributed by atoms with Crippen molar-refractivity contribution < 1.29 is 19.1 Å². The Balaban J connectivity index is 3.88.